The highest BCUT2D eigenvalue weighted by Crippen LogP contribution is 2.28. The fraction of sp³-hybridized carbons (Fsp3) is 0.818. The number of hydrogen-bond acceptors (Lipinski definition) is 4. The minimum Gasteiger partial charge on any atom is -0.353 e. The van der Waals surface area contributed by atoms with Gasteiger partial charge in [0.2, 0.25) is 23.6 Å². The molecule has 3 aliphatic heterocycles. The van der Waals surface area contributed by atoms with Gasteiger partial charge in [-0.2, -0.15) is 0 Å². The quantitative estimate of drug-likeness (QED) is 0.735. The molecule has 1 N–H and O–H groups in total. The van der Waals surface area contributed by atoms with Crippen LogP contribution in [0.3, 0.4) is 0 Å². The van der Waals surface area contributed by atoms with E-state index in [-0.39, 0.29) is 65.9 Å². The Morgan fingerprint density at radius 3 is 2.07 bits per heavy atom. The van der Waals surface area contributed by atoms with E-state index < -0.39 is 0 Å². The lowest BCUT2D eigenvalue weighted by Crippen LogP contribution is -2.50. The van der Waals surface area contributed by atoms with Crippen LogP contribution in [0.25, 0.3) is 0 Å². The zero-order valence-corrected chi connectivity index (χ0v) is 18.9. The summed E-state index contributed by atoms with van der Waals surface area (Å²) in [4.78, 5) is 55.2. The van der Waals surface area contributed by atoms with Gasteiger partial charge in [-0.1, -0.05) is 0 Å². The fourth-order valence-corrected chi connectivity index (χ4v) is 4.75. The number of piperidine rings is 1. The molecule has 3 aliphatic rings. The molecule has 8 nitrogen and oxygen atoms in total. The average molecular weight is 421 g/mol. The first-order chi connectivity index (χ1) is 14.0. The molecule has 2 atom stereocenters. The molecule has 4 amide bonds. The molecule has 0 aromatic rings. The van der Waals surface area contributed by atoms with Gasteiger partial charge >= 0.3 is 0 Å². The van der Waals surface area contributed by atoms with E-state index in [1.165, 1.54) is 0 Å². The van der Waals surface area contributed by atoms with E-state index in [9.17, 15) is 19.2 Å². The highest BCUT2D eigenvalue weighted by atomic mass is 16.2. The third-order valence-corrected chi connectivity index (χ3v) is 6.59. The van der Waals surface area contributed by atoms with Gasteiger partial charge in [0.25, 0.3) is 0 Å². The van der Waals surface area contributed by atoms with Crippen molar-refractivity contribution < 1.29 is 19.2 Å². The zero-order valence-electron chi connectivity index (χ0n) is 18.9. The molecule has 3 rings (SSSR count). The van der Waals surface area contributed by atoms with Gasteiger partial charge in [0.15, 0.2) is 0 Å². The predicted molar refractivity (Wildman–Crippen MR) is 112 cm³/mol. The Morgan fingerprint density at radius 2 is 1.57 bits per heavy atom. The van der Waals surface area contributed by atoms with Gasteiger partial charge in [0.05, 0.1) is 11.8 Å². The number of rotatable bonds is 4. The molecule has 0 radical (unpaired) electrons. The second kappa shape index (κ2) is 8.55. The highest BCUT2D eigenvalue weighted by molar-refractivity contribution is 5.90. The molecular formula is C22H36N4O4. The number of nitrogens with one attached hydrogen (secondary N) is 1. The summed E-state index contributed by atoms with van der Waals surface area (Å²) >= 11 is 0. The van der Waals surface area contributed by atoms with Crippen LogP contribution in [0.2, 0.25) is 0 Å². The van der Waals surface area contributed by atoms with Crippen LogP contribution in [0.15, 0.2) is 0 Å². The first-order valence-corrected chi connectivity index (χ1v) is 11.2. The van der Waals surface area contributed by atoms with E-state index in [2.05, 4.69) is 5.32 Å². The van der Waals surface area contributed by atoms with Crippen molar-refractivity contribution in [3.05, 3.63) is 0 Å². The molecule has 0 aliphatic carbocycles. The third kappa shape index (κ3) is 4.78. The lowest BCUT2D eigenvalue weighted by molar-refractivity contribution is -0.137. The van der Waals surface area contributed by atoms with Crippen molar-refractivity contribution in [1.82, 2.24) is 20.0 Å². The summed E-state index contributed by atoms with van der Waals surface area (Å²) in [5.41, 5.74) is -0.268. The molecule has 3 fully saturated rings. The van der Waals surface area contributed by atoms with Crippen LogP contribution in [0.5, 0.6) is 0 Å². The second-order valence-electron chi connectivity index (χ2n) is 10.2. The van der Waals surface area contributed by atoms with Gasteiger partial charge in [-0.25, -0.2) is 0 Å². The summed E-state index contributed by atoms with van der Waals surface area (Å²) in [6.07, 6.45) is 1.97. The smallest absolute Gasteiger partial charge is 0.227 e. The number of hydrogen-bond donors (Lipinski definition) is 1. The van der Waals surface area contributed by atoms with Crippen LogP contribution in [0, 0.1) is 11.8 Å². The van der Waals surface area contributed by atoms with Crippen molar-refractivity contribution in [1.29, 1.82) is 0 Å². The molecular weight excluding hydrogens is 384 g/mol. The molecule has 168 valence electrons. The average Bonchev–Trinajstić information content (AvgIpc) is 3.24. The van der Waals surface area contributed by atoms with Crippen molar-refractivity contribution in [2.75, 3.05) is 26.2 Å². The van der Waals surface area contributed by atoms with Gasteiger partial charge in [0.1, 0.15) is 0 Å². The molecule has 2 unspecified atom stereocenters. The lowest BCUT2D eigenvalue weighted by Gasteiger charge is -2.35. The number of carbonyl (C=O) groups is 4. The normalized spacial score (nSPS) is 26.1. The van der Waals surface area contributed by atoms with Crippen LogP contribution in [-0.4, -0.2) is 82.1 Å². The van der Waals surface area contributed by atoms with Gasteiger partial charge in [-0.05, 0) is 47.5 Å². The van der Waals surface area contributed by atoms with E-state index in [1.54, 1.807) is 9.80 Å². The van der Waals surface area contributed by atoms with Crippen molar-refractivity contribution in [3.8, 4) is 0 Å². The Balaban J connectivity index is 1.46. The van der Waals surface area contributed by atoms with Crippen LogP contribution in [0.1, 0.15) is 60.3 Å². The fourth-order valence-electron chi connectivity index (χ4n) is 4.75. The largest absolute Gasteiger partial charge is 0.353 e. The second-order valence-corrected chi connectivity index (χ2v) is 10.2. The minimum absolute atomic E-state index is 0.0287. The Bertz CT molecular complexity index is 706. The van der Waals surface area contributed by atoms with E-state index in [4.69, 9.17) is 0 Å². The predicted octanol–water partition coefficient (Wildman–Crippen LogP) is 0.998. The minimum atomic E-state index is -0.285. The molecule has 0 bridgehead atoms. The Hall–Kier alpha value is -2.12. The maximum Gasteiger partial charge on any atom is 0.227 e. The Kier molecular flexibility index (Phi) is 6.43. The molecule has 8 heteroatoms. The monoisotopic (exact) mass is 420 g/mol. The lowest BCUT2D eigenvalue weighted by atomic mass is 10.00. The van der Waals surface area contributed by atoms with Crippen molar-refractivity contribution in [3.63, 3.8) is 0 Å². The number of nitrogens with zero attached hydrogens (tertiary/aromatic N) is 3. The van der Waals surface area contributed by atoms with Gasteiger partial charge in [0, 0.05) is 56.6 Å². The number of likely N-dealkylation sites (tertiary alicyclic amines) is 3. The molecule has 0 aromatic carbocycles. The standard InChI is InChI=1S/C22H36N4O4/c1-14(2)25-12-15(10-18(25)27)20(29)23-17-6-8-24(9-7-17)21(30)16-11-19(28)26(13-16)22(3,4)5/h14-17H,6-13H2,1-5H3,(H,23,29). The molecule has 3 heterocycles. The first-order valence-electron chi connectivity index (χ1n) is 11.2. The highest BCUT2D eigenvalue weighted by Gasteiger charge is 2.42. The van der Waals surface area contributed by atoms with E-state index in [1.807, 2.05) is 39.5 Å². The summed E-state index contributed by atoms with van der Waals surface area (Å²) in [6.45, 7) is 12.0. The van der Waals surface area contributed by atoms with Crippen molar-refractivity contribution in [2.45, 2.75) is 77.9 Å². The summed E-state index contributed by atoms with van der Waals surface area (Å²) in [7, 11) is 0. The van der Waals surface area contributed by atoms with Crippen molar-refractivity contribution >= 4 is 23.6 Å². The van der Waals surface area contributed by atoms with E-state index in [0.29, 0.717) is 39.0 Å². The van der Waals surface area contributed by atoms with Crippen LogP contribution in [-0.2, 0) is 19.2 Å². The van der Waals surface area contributed by atoms with Crippen LogP contribution in [0.4, 0.5) is 0 Å². The zero-order chi connectivity index (χ0) is 22.2. The van der Waals surface area contributed by atoms with Gasteiger partial charge < -0.3 is 20.0 Å². The number of carbonyl (C=O) groups excluding carboxylic acids is 4. The number of amides is 4. The van der Waals surface area contributed by atoms with Crippen LogP contribution < -0.4 is 5.32 Å². The summed E-state index contributed by atoms with van der Waals surface area (Å²) in [5.74, 6) is -0.473. The molecule has 3 saturated heterocycles. The molecule has 0 aromatic heterocycles. The Labute approximate surface area is 179 Å². The summed E-state index contributed by atoms with van der Waals surface area (Å²) < 4.78 is 0. The maximum absolute atomic E-state index is 12.9. The Morgan fingerprint density at radius 1 is 0.967 bits per heavy atom. The maximum atomic E-state index is 12.9. The van der Waals surface area contributed by atoms with Crippen LogP contribution >= 0.6 is 0 Å². The van der Waals surface area contributed by atoms with E-state index >= 15 is 0 Å². The topological polar surface area (TPSA) is 90.0 Å². The summed E-state index contributed by atoms with van der Waals surface area (Å²) in [5, 5.41) is 3.09. The van der Waals surface area contributed by atoms with E-state index in [0.717, 1.165) is 0 Å². The summed E-state index contributed by atoms with van der Waals surface area (Å²) in [6, 6.07) is 0.141. The first kappa shape index (κ1) is 22.6. The molecule has 0 spiro atoms. The van der Waals surface area contributed by atoms with Gasteiger partial charge in [-0.15, -0.1) is 0 Å². The SMILES string of the molecule is CC(C)N1CC(C(=O)NC2CCN(C(=O)C3CC(=O)N(C(C)(C)C)C3)CC2)CC1=O. The van der Waals surface area contributed by atoms with Gasteiger partial charge in [-0.3, -0.25) is 19.2 Å². The molecule has 30 heavy (non-hydrogen) atoms. The molecule has 0 saturated carbocycles. The van der Waals surface area contributed by atoms with Crippen molar-refractivity contribution in [2.24, 2.45) is 11.8 Å². The third-order valence-electron chi connectivity index (χ3n) is 6.59.